The van der Waals surface area contributed by atoms with Gasteiger partial charge in [0.15, 0.2) is 11.5 Å². The van der Waals surface area contributed by atoms with Crippen molar-refractivity contribution in [2.24, 2.45) is 0 Å². The number of hydrogen-bond donors (Lipinski definition) is 2. The monoisotopic (exact) mass is 415 g/mol. The number of aromatic amines is 1. The number of methoxy groups -OCH3 is 1. The lowest BCUT2D eigenvalue weighted by molar-refractivity contribution is 0.0582. The molecule has 30 heavy (non-hydrogen) atoms. The number of rotatable bonds is 9. The number of aliphatic hydroxyl groups excluding tert-OH is 1. The third kappa shape index (κ3) is 5.50. The van der Waals surface area contributed by atoms with Crippen LogP contribution in [0.1, 0.15) is 43.0 Å². The Balaban J connectivity index is 1.25. The minimum absolute atomic E-state index is 0.256. The lowest BCUT2D eigenvalue weighted by Crippen LogP contribution is -2.40. The molecule has 2 aliphatic rings. The van der Waals surface area contributed by atoms with Crippen molar-refractivity contribution in [3.05, 3.63) is 35.9 Å². The highest BCUT2D eigenvalue weighted by Gasteiger charge is 2.24. The van der Waals surface area contributed by atoms with Gasteiger partial charge in [0, 0.05) is 19.0 Å². The quantitative estimate of drug-likeness (QED) is 0.648. The summed E-state index contributed by atoms with van der Waals surface area (Å²) in [6.07, 6.45) is 5.63. The lowest BCUT2D eigenvalue weighted by atomic mass is 9.96. The van der Waals surface area contributed by atoms with E-state index < -0.39 is 6.10 Å². The van der Waals surface area contributed by atoms with Gasteiger partial charge >= 0.3 is 0 Å². The number of benzene rings is 1. The zero-order valence-electron chi connectivity index (χ0n) is 17.8. The molecule has 0 spiro atoms. The summed E-state index contributed by atoms with van der Waals surface area (Å²) in [7, 11) is 1.65. The maximum atomic E-state index is 10.5. The molecule has 2 saturated heterocycles. The second-order valence-corrected chi connectivity index (χ2v) is 8.38. The smallest absolute Gasteiger partial charge is 0.161 e. The van der Waals surface area contributed by atoms with Gasteiger partial charge in [-0.05, 0) is 69.6 Å². The van der Waals surface area contributed by atoms with E-state index in [0.717, 1.165) is 51.4 Å². The maximum Gasteiger partial charge on any atom is 0.161 e. The third-order valence-corrected chi connectivity index (χ3v) is 6.14. The van der Waals surface area contributed by atoms with E-state index in [4.69, 9.17) is 9.47 Å². The van der Waals surface area contributed by atoms with Crippen LogP contribution >= 0.6 is 0 Å². The molecule has 2 N–H and O–H groups in total. The Labute approximate surface area is 178 Å². The minimum atomic E-state index is -0.543. The molecule has 3 heterocycles. The number of β-amino-alcohol motifs (C(OH)–C–C–N with tert-alkyl or cyclic N) is 1. The number of piperidine rings is 1. The third-order valence-electron chi connectivity index (χ3n) is 6.14. The van der Waals surface area contributed by atoms with E-state index in [1.54, 1.807) is 13.4 Å². The summed E-state index contributed by atoms with van der Waals surface area (Å²) < 4.78 is 11.4. The molecular weight excluding hydrogens is 382 g/mol. The number of likely N-dealkylation sites (tertiary alicyclic amines) is 2. The molecule has 0 aliphatic carbocycles. The highest BCUT2D eigenvalue weighted by molar-refractivity contribution is 5.43. The summed E-state index contributed by atoms with van der Waals surface area (Å²) >= 11 is 0. The zero-order chi connectivity index (χ0) is 20.8. The van der Waals surface area contributed by atoms with Crippen LogP contribution in [0.5, 0.6) is 11.5 Å². The summed E-state index contributed by atoms with van der Waals surface area (Å²) in [6.45, 7) is 6.00. The summed E-state index contributed by atoms with van der Waals surface area (Å²) in [5.41, 5.74) is 1.22. The fourth-order valence-corrected chi connectivity index (χ4v) is 4.47. The van der Waals surface area contributed by atoms with E-state index in [0.29, 0.717) is 24.0 Å². The van der Waals surface area contributed by atoms with Gasteiger partial charge < -0.3 is 19.5 Å². The molecule has 2 aromatic rings. The molecule has 1 atom stereocenters. The highest BCUT2D eigenvalue weighted by Crippen LogP contribution is 2.29. The number of nitrogens with one attached hydrogen (secondary N) is 1. The summed E-state index contributed by atoms with van der Waals surface area (Å²) in [6, 6.07) is 6.10. The van der Waals surface area contributed by atoms with Gasteiger partial charge in [0.05, 0.1) is 7.11 Å². The van der Waals surface area contributed by atoms with Crippen LogP contribution in [0.15, 0.2) is 24.5 Å². The van der Waals surface area contributed by atoms with Crippen molar-refractivity contribution in [2.45, 2.75) is 44.2 Å². The molecule has 2 fully saturated rings. The molecule has 2 aliphatic heterocycles. The molecule has 8 heteroatoms. The van der Waals surface area contributed by atoms with Gasteiger partial charge in [-0.25, -0.2) is 4.98 Å². The van der Waals surface area contributed by atoms with Crippen molar-refractivity contribution < 1.29 is 14.6 Å². The molecule has 0 saturated carbocycles. The first-order chi connectivity index (χ1) is 14.7. The minimum Gasteiger partial charge on any atom is -0.493 e. The highest BCUT2D eigenvalue weighted by atomic mass is 16.5. The average Bonchev–Trinajstić information content (AvgIpc) is 3.47. The van der Waals surface area contributed by atoms with Crippen LogP contribution in [0.4, 0.5) is 0 Å². The largest absolute Gasteiger partial charge is 0.493 e. The average molecular weight is 416 g/mol. The normalized spacial score (nSPS) is 19.8. The first-order valence-corrected chi connectivity index (χ1v) is 11.0. The van der Waals surface area contributed by atoms with Crippen molar-refractivity contribution in [1.29, 1.82) is 0 Å². The molecule has 0 bridgehead atoms. The van der Waals surface area contributed by atoms with Crippen LogP contribution in [0.25, 0.3) is 0 Å². The van der Waals surface area contributed by atoms with E-state index in [-0.39, 0.29) is 6.61 Å². The second kappa shape index (κ2) is 10.2. The van der Waals surface area contributed by atoms with Crippen molar-refractivity contribution in [1.82, 2.24) is 25.0 Å². The molecule has 1 unspecified atom stereocenters. The van der Waals surface area contributed by atoms with Gasteiger partial charge in [-0.2, -0.15) is 5.10 Å². The molecule has 0 amide bonds. The topological polar surface area (TPSA) is 86.7 Å². The predicted molar refractivity (Wildman–Crippen MR) is 114 cm³/mol. The second-order valence-electron chi connectivity index (χ2n) is 8.38. The van der Waals surface area contributed by atoms with Crippen LogP contribution in [-0.2, 0) is 6.54 Å². The van der Waals surface area contributed by atoms with E-state index >= 15 is 0 Å². The molecule has 164 valence electrons. The number of H-pyrrole nitrogens is 1. The summed E-state index contributed by atoms with van der Waals surface area (Å²) in [5, 5.41) is 17.5. The Morgan fingerprint density at radius 3 is 2.63 bits per heavy atom. The summed E-state index contributed by atoms with van der Waals surface area (Å²) in [5.74, 6) is 2.82. The first-order valence-electron chi connectivity index (χ1n) is 11.0. The van der Waals surface area contributed by atoms with Crippen molar-refractivity contribution in [3.63, 3.8) is 0 Å². The van der Waals surface area contributed by atoms with Gasteiger partial charge in [0.2, 0.25) is 0 Å². The molecule has 0 radical (unpaired) electrons. The Morgan fingerprint density at radius 2 is 1.93 bits per heavy atom. The Bertz CT molecular complexity index is 771. The van der Waals surface area contributed by atoms with Crippen LogP contribution in [-0.4, -0.2) is 82.6 Å². The van der Waals surface area contributed by atoms with Crippen LogP contribution in [0.3, 0.4) is 0 Å². The van der Waals surface area contributed by atoms with Crippen molar-refractivity contribution in [3.8, 4) is 11.5 Å². The standard InChI is InChI=1S/C22H33N5O3/c1-29-20-5-4-17(13-26-8-2-3-9-26)12-21(20)30-15-19(28)14-27-10-6-18(7-11-27)22-23-16-24-25-22/h4-5,12,16,18-19,28H,2-3,6-11,13-15H2,1H3,(H,23,24,25). The molecule has 1 aromatic carbocycles. The van der Waals surface area contributed by atoms with Gasteiger partial charge in [0.1, 0.15) is 24.9 Å². The molecule has 4 rings (SSSR count). The lowest BCUT2D eigenvalue weighted by Gasteiger charge is -2.32. The molecule has 8 nitrogen and oxygen atoms in total. The van der Waals surface area contributed by atoms with Crippen molar-refractivity contribution >= 4 is 0 Å². The van der Waals surface area contributed by atoms with Gasteiger partial charge in [-0.15, -0.1) is 0 Å². The molecule has 1 aromatic heterocycles. The van der Waals surface area contributed by atoms with Gasteiger partial charge in [0.25, 0.3) is 0 Å². The number of nitrogens with zero attached hydrogens (tertiary/aromatic N) is 4. The Morgan fingerprint density at radius 1 is 1.13 bits per heavy atom. The van der Waals surface area contributed by atoms with E-state index in [1.165, 1.54) is 18.4 Å². The van der Waals surface area contributed by atoms with Gasteiger partial charge in [-0.3, -0.25) is 10.00 Å². The maximum absolute atomic E-state index is 10.5. The number of aliphatic hydroxyl groups is 1. The fourth-order valence-electron chi connectivity index (χ4n) is 4.47. The van der Waals surface area contributed by atoms with Gasteiger partial charge in [-0.1, -0.05) is 6.07 Å². The van der Waals surface area contributed by atoms with E-state index in [2.05, 4.69) is 31.0 Å². The number of ether oxygens (including phenoxy) is 2. The SMILES string of the molecule is COc1ccc(CN2CCCC2)cc1OCC(O)CN1CCC(c2ncn[nH]2)CC1. The van der Waals surface area contributed by atoms with Crippen molar-refractivity contribution in [2.75, 3.05) is 46.4 Å². The first kappa shape index (κ1) is 21.1. The number of aromatic nitrogens is 3. The zero-order valence-corrected chi connectivity index (χ0v) is 17.8. The van der Waals surface area contributed by atoms with Crippen LogP contribution in [0, 0.1) is 0 Å². The van der Waals surface area contributed by atoms with E-state index in [1.807, 2.05) is 12.1 Å². The van der Waals surface area contributed by atoms with Crippen LogP contribution in [0.2, 0.25) is 0 Å². The van der Waals surface area contributed by atoms with E-state index in [9.17, 15) is 5.11 Å². The fraction of sp³-hybridized carbons (Fsp3) is 0.636. The summed E-state index contributed by atoms with van der Waals surface area (Å²) in [4.78, 5) is 9.03. The number of hydrogen-bond acceptors (Lipinski definition) is 7. The molecular formula is C22H33N5O3. The Kier molecular flexibility index (Phi) is 7.20. The van der Waals surface area contributed by atoms with Crippen LogP contribution < -0.4 is 9.47 Å². The predicted octanol–water partition coefficient (Wildman–Crippen LogP) is 2.03. The Hall–Kier alpha value is -2.16.